The molecule has 2 unspecified atom stereocenters. The summed E-state index contributed by atoms with van der Waals surface area (Å²) in [4.78, 5) is 22.8. The van der Waals surface area contributed by atoms with Crippen LogP contribution in [-0.4, -0.2) is 65.8 Å². The molecule has 3 aromatic rings. The minimum atomic E-state index is -3.58. The third-order valence-corrected chi connectivity index (χ3v) is 7.98. The number of hydrogen-bond acceptors (Lipinski definition) is 7. The highest BCUT2D eigenvalue weighted by molar-refractivity contribution is 7.92. The van der Waals surface area contributed by atoms with Crippen molar-refractivity contribution < 1.29 is 13.2 Å². The van der Waals surface area contributed by atoms with Crippen molar-refractivity contribution in [2.24, 2.45) is 5.73 Å². The van der Waals surface area contributed by atoms with Crippen molar-refractivity contribution in [2.75, 3.05) is 35.5 Å². The Labute approximate surface area is 221 Å². The van der Waals surface area contributed by atoms with E-state index in [1.165, 1.54) is 12.1 Å². The lowest BCUT2D eigenvalue weighted by atomic mass is 9.98. The van der Waals surface area contributed by atoms with Crippen LogP contribution < -0.4 is 15.4 Å². The number of nitrogens with one attached hydrogen (secondary N) is 1. The van der Waals surface area contributed by atoms with Crippen LogP contribution in [0.1, 0.15) is 59.8 Å². The molecular weight excluding hydrogens is 514 g/mol. The van der Waals surface area contributed by atoms with Gasteiger partial charge < -0.3 is 15.5 Å². The Morgan fingerprint density at radius 1 is 1.19 bits per heavy atom. The normalized spacial score (nSPS) is 20.5. The quantitative estimate of drug-likeness (QED) is 0.486. The first kappa shape index (κ1) is 25.7. The second-order valence-corrected chi connectivity index (χ2v) is 12.1. The van der Waals surface area contributed by atoms with Gasteiger partial charge >= 0.3 is 0 Å². The number of hydrogen-bond donors (Lipinski definition) is 2. The first-order valence-electron chi connectivity index (χ1n) is 12.6. The summed E-state index contributed by atoms with van der Waals surface area (Å²) in [6.07, 6.45) is 7.74. The largest absolute Gasteiger partial charge is 0.352 e. The van der Waals surface area contributed by atoms with Crippen LogP contribution in [0, 0.1) is 6.92 Å². The van der Waals surface area contributed by atoms with Crippen LogP contribution in [-0.2, 0) is 10.0 Å². The van der Waals surface area contributed by atoms with Crippen molar-refractivity contribution in [1.82, 2.24) is 19.5 Å². The molecule has 0 radical (unpaired) electrons. The smallest absolute Gasteiger partial charge is 0.256 e. The fraction of sp³-hybridized carbons (Fsp3) is 0.480. The molecule has 1 aromatic carbocycles. The summed E-state index contributed by atoms with van der Waals surface area (Å²) < 4.78 is 28.0. The minimum absolute atomic E-state index is 0.207. The monoisotopic (exact) mass is 545 g/mol. The molecule has 1 amide bonds. The van der Waals surface area contributed by atoms with E-state index < -0.39 is 10.0 Å². The number of aromatic nitrogens is 3. The Kier molecular flexibility index (Phi) is 7.03. The first-order chi connectivity index (χ1) is 17.6. The number of nitrogens with two attached hydrogens (primary N) is 1. The average Bonchev–Trinajstić information content (AvgIpc) is 3.49. The van der Waals surface area contributed by atoms with Crippen molar-refractivity contribution in [3.05, 3.63) is 52.3 Å². The molecule has 37 heavy (non-hydrogen) atoms. The molecular formula is C25H32ClN7O3S. The van der Waals surface area contributed by atoms with Gasteiger partial charge in [0.25, 0.3) is 5.91 Å². The summed E-state index contributed by atoms with van der Waals surface area (Å²) in [6.45, 7) is 4.09. The fourth-order valence-electron chi connectivity index (χ4n) is 5.45. The third kappa shape index (κ3) is 5.25. The molecule has 0 bridgehead atoms. The predicted octanol–water partition coefficient (Wildman–Crippen LogP) is 3.36. The highest BCUT2D eigenvalue weighted by atomic mass is 35.5. The molecule has 3 N–H and O–H groups in total. The van der Waals surface area contributed by atoms with Gasteiger partial charge in [0.05, 0.1) is 29.2 Å². The van der Waals surface area contributed by atoms with Crippen molar-refractivity contribution in [2.45, 2.75) is 51.1 Å². The molecule has 2 fully saturated rings. The molecule has 5 rings (SSSR count). The Morgan fingerprint density at radius 3 is 2.76 bits per heavy atom. The molecule has 2 saturated heterocycles. The van der Waals surface area contributed by atoms with E-state index in [-0.39, 0.29) is 29.2 Å². The number of rotatable bonds is 6. The van der Waals surface area contributed by atoms with E-state index >= 15 is 0 Å². The number of halogens is 1. The maximum absolute atomic E-state index is 13.8. The zero-order valence-electron chi connectivity index (χ0n) is 21.0. The Hall–Kier alpha value is -2.89. The molecule has 2 aliphatic heterocycles. The van der Waals surface area contributed by atoms with Gasteiger partial charge in [0.15, 0.2) is 5.65 Å². The van der Waals surface area contributed by atoms with Gasteiger partial charge in [-0.1, -0.05) is 11.6 Å². The van der Waals surface area contributed by atoms with E-state index in [0.29, 0.717) is 18.1 Å². The summed E-state index contributed by atoms with van der Waals surface area (Å²) in [5, 5.41) is 5.16. The molecule has 198 valence electrons. The fourth-order valence-corrected chi connectivity index (χ4v) is 6.20. The number of likely N-dealkylation sites (tertiary alicyclic amines) is 1. The van der Waals surface area contributed by atoms with Crippen LogP contribution in [0.3, 0.4) is 0 Å². The third-order valence-electron chi connectivity index (χ3n) is 7.16. The van der Waals surface area contributed by atoms with Gasteiger partial charge in [-0.15, -0.1) is 0 Å². The first-order valence-corrected chi connectivity index (χ1v) is 14.8. The van der Waals surface area contributed by atoms with Gasteiger partial charge in [-0.05, 0) is 57.2 Å². The molecule has 12 heteroatoms. The molecule has 2 atom stereocenters. The van der Waals surface area contributed by atoms with Crippen molar-refractivity contribution in [3.8, 4) is 0 Å². The zero-order chi connectivity index (χ0) is 26.3. The van der Waals surface area contributed by atoms with E-state index in [0.717, 1.165) is 67.6 Å². The van der Waals surface area contributed by atoms with Gasteiger partial charge in [0.2, 0.25) is 10.0 Å². The molecule has 2 aromatic heterocycles. The van der Waals surface area contributed by atoms with E-state index in [9.17, 15) is 13.2 Å². The summed E-state index contributed by atoms with van der Waals surface area (Å²) in [7, 11) is -3.58. The summed E-state index contributed by atoms with van der Waals surface area (Å²) in [6, 6.07) is 6.55. The highest BCUT2D eigenvalue weighted by Crippen LogP contribution is 2.35. The summed E-state index contributed by atoms with van der Waals surface area (Å²) in [5.74, 6) is 0.641. The Balaban J connectivity index is 1.49. The number of benzene rings is 1. The van der Waals surface area contributed by atoms with Gasteiger partial charge in [0, 0.05) is 48.5 Å². The number of sulfonamides is 1. The SMILES string of the molecule is Cc1cn2nc(C3CCCCN3C(=O)c3cc(Cl)ccc3NS(C)(=O)=O)cc2nc1N1CCCC1CN. The summed E-state index contributed by atoms with van der Waals surface area (Å²) >= 11 is 6.20. The van der Waals surface area contributed by atoms with Crippen LogP contribution in [0.2, 0.25) is 5.02 Å². The lowest BCUT2D eigenvalue weighted by Gasteiger charge is -2.35. The van der Waals surface area contributed by atoms with Crippen LogP contribution in [0.5, 0.6) is 0 Å². The Morgan fingerprint density at radius 2 is 2.00 bits per heavy atom. The second kappa shape index (κ2) is 10.1. The number of carbonyl (C=O) groups is 1. The molecule has 0 spiro atoms. The molecule has 0 saturated carbocycles. The van der Waals surface area contributed by atoms with Crippen LogP contribution in [0.15, 0.2) is 30.5 Å². The van der Waals surface area contributed by atoms with Crippen molar-refractivity contribution >= 4 is 44.7 Å². The van der Waals surface area contributed by atoms with E-state index in [2.05, 4.69) is 9.62 Å². The van der Waals surface area contributed by atoms with Crippen LogP contribution >= 0.6 is 11.6 Å². The molecule has 2 aliphatic rings. The number of fused-ring (bicyclic) bond motifs is 1. The maximum atomic E-state index is 13.8. The number of anilines is 2. The minimum Gasteiger partial charge on any atom is -0.352 e. The van der Waals surface area contributed by atoms with Crippen molar-refractivity contribution in [3.63, 3.8) is 0 Å². The number of nitrogens with zero attached hydrogens (tertiary/aromatic N) is 5. The van der Waals surface area contributed by atoms with Gasteiger partial charge in [-0.25, -0.2) is 17.9 Å². The Bertz CT molecular complexity index is 1440. The van der Waals surface area contributed by atoms with E-state index in [1.807, 2.05) is 19.2 Å². The standard InChI is InChI=1S/C25H32ClN7O3S/c1-16-15-33-23(28-24(16)31-11-5-6-18(31)14-27)13-21(29-33)22-7-3-4-10-32(22)25(34)19-12-17(26)8-9-20(19)30-37(2,35)36/h8-9,12-13,15,18,22,30H,3-7,10-11,14,27H2,1-2H3. The van der Waals surface area contributed by atoms with Crippen LogP contribution in [0.25, 0.3) is 5.65 Å². The zero-order valence-corrected chi connectivity index (χ0v) is 22.6. The van der Waals surface area contributed by atoms with Crippen LogP contribution in [0.4, 0.5) is 11.5 Å². The lowest BCUT2D eigenvalue weighted by molar-refractivity contribution is 0.0607. The number of amides is 1. The molecule has 4 heterocycles. The van der Waals surface area contributed by atoms with E-state index in [4.69, 9.17) is 27.4 Å². The maximum Gasteiger partial charge on any atom is 0.256 e. The topological polar surface area (TPSA) is 126 Å². The second-order valence-electron chi connectivity index (χ2n) is 9.92. The lowest BCUT2D eigenvalue weighted by Crippen LogP contribution is -2.39. The number of carbonyl (C=O) groups excluding carboxylic acids is 1. The predicted molar refractivity (Wildman–Crippen MR) is 145 cm³/mol. The number of piperidine rings is 1. The highest BCUT2D eigenvalue weighted by Gasteiger charge is 2.33. The van der Waals surface area contributed by atoms with Gasteiger partial charge in [0.1, 0.15) is 5.82 Å². The average molecular weight is 546 g/mol. The molecule has 0 aliphatic carbocycles. The van der Waals surface area contributed by atoms with Gasteiger partial charge in [-0.2, -0.15) is 5.10 Å². The van der Waals surface area contributed by atoms with E-state index in [1.54, 1.807) is 15.5 Å². The number of aryl methyl sites for hydroxylation is 1. The van der Waals surface area contributed by atoms with Crippen molar-refractivity contribution in [1.29, 1.82) is 0 Å². The summed E-state index contributed by atoms with van der Waals surface area (Å²) in [5.41, 5.74) is 8.92. The van der Waals surface area contributed by atoms with Gasteiger partial charge in [-0.3, -0.25) is 9.52 Å². The molecule has 10 nitrogen and oxygen atoms in total.